The maximum Gasteiger partial charge on any atom is 0.255 e. The molecule has 0 fully saturated rings. The molecule has 140 valence electrons. The Morgan fingerprint density at radius 1 is 1.04 bits per heavy atom. The summed E-state index contributed by atoms with van der Waals surface area (Å²) in [5.41, 5.74) is 2.51. The molecule has 0 aliphatic heterocycles. The predicted molar refractivity (Wildman–Crippen MR) is 111 cm³/mol. The van der Waals surface area contributed by atoms with Crippen LogP contribution >= 0.6 is 0 Å². The molecule has 0 N–H and O–H groups in total. The number of hydrogen-bond acceptors (Lipinski definition) is 3. The summed E-state index contributed by atoms with van der Waals surface area (Å²) in [6.07, 6.45) is 5.29. The monoisotopic (exact) mass is 370 g/mol. The van der Waals surface area contributed by atoms with E-state index in [2.05, 4.69) is 34.2 Å². The van der Waals surface area contributed by atoms with E-state index in [0.717, 1.165) is 22.5 Å². The van der Waals surface area contributed by atoms with Crippen molar-refractivity contribution in [3.05, 3.63) is 84.6 Å². The van der Waals surface area contributed by atoms with Crippen molar-refractivity contribution in [1.82, 2.24) is 19.4 Å². The molecule has 0 bridgehead atoms. The van der Waals surface area contributed by atoms with Crippen molar-refractivity contribution in [2.24, 2.45) is 7.05 Å². The second-order valence-electron chi connectivity index (χ2n) is 6.73. The van der Waals surface area contributed by atoms with E-state index in [0.29, 0.717) is 18.7 Å². The smallest absolute Gasteiger partial charge is 0.255 e. The molecule has 2 aromatic heterocycles. The fraction of sp³-hybridized carbons (Fsp3) is 0.174. The summed E-state index contributed by atoms with van der Waals surface area (Å²) >= 11 is 0. The molecule has 0 saturated carbocycles. The highest BCUT2D eigenvalue weighted by atomic mass is 16.2. The van der Waals surface area contributed by atoms with E-state index >= 15 is 0 Å². The summed E-state index contributed by atoms with van der Waals surface area (Å²) in [5.74, 6) is 0.818. The molecule has 4 aromatic rings. The highest BCUT2D eigenvalue weighted by Crippen LogP contribution is 2.27. The van der Waals surface area contributed by atoms with Gasteiger partial charge in [0.2, 0.25) is 0 Å². The predicted octanol–water partition coefficient (Wildman–Crippen LogP) is 4.30. The Hall–Kier alpha value is -3.47. The van der Waals surface area contributed by atoms with Crippen LogP contribution in [0.5, 0.6) is 0 Å². The zero-order valence-corrected chi connectivity index (χ0v) is 16.0. The lowest BCUT2D eigenvalue weighted by Gasteiger charge is -2.20. The fourth-order valence-corrected chi connectivity index (χ4v) is 3.36. The minimum absolute atomic E-state index is 0.0394. The maximum atomic E-state index is 12.9. The molecule has 0 spiro atoms. The molecule has 0 aliphatic rings. The molecule has 5 nitrogen and oxygen atoms in total. The van der Waals surface area contributed by atoms with E-state index in [4.69, 9.17) is 0 Å². The van der Waals surface area contributed by atoms with Crippen LogP contribution in [0.25, 0.3) is 22.0 Å². The van der Waals surface area contributed by atoms with Gasteiger partial charge in [-0.2, -0.15) is 0 Å². The topological polar surface area (TPSA) is 51.0 Å². The van der Waals surface area contributed by atoms with Crippen molar-refractivity contribution in [3.63, 3.8) is 0 Å². The van der Waals surface area contributed by atoms with Crippen LogP contribution < -0.4 is 0 Å². The zero-order valence-electron chi connectivity index (χ0n) is 16.0. The first-order valence-electron chi connectivity index (χ1n) is 9.37. The van der Waals surface area contributed by atoms with E-state index < -0.39 is 0 Å². The summed E-state index contributed by atoms with van der Waals surface area (Å²) < 4.78 is 1.93. The number of rotatable bonds is 5. The lowest BCUT2D eigenvalue weighted by Crippen LogP contribution is -2.31. The number of imidazole rings is 1. The average Bonchev–Trinajstić information content (AvgIpc) is 3.15. The molecule has 0 aliphatic carbocycles. The van der Waals surface area contributed by atoms with Crippen molar-refractivity contribution in [2.45, 2.75) is 13.5 Å². The SMILES string of the molecule is CCN(Cc1nccn1C)C(=O)c1ccc(-c2cccc3ccccc23)nc1. The van der Waals surface area contributed by atoms with E-state index in [1.165, 1.54) is 5.39 Å². The Balaban J connectivity index is 1.60. The van der Waals surface area contributed by atoms with Crippen molar-refractivity contribution < 1.29 is 4.79 Å². The van der Waals surface area contributed by atoms with Gasteiger partial charge in [0.1, 0.15) is 5.82 Å². The molecule has 0 radical (unpaired) electrons. The lowest BCUT2D eigenvalue weighted by atomic mass is 10.0. The van der Waals surface area contributed by atoms with Crippen LogP contribution in [0, 0.1) is 0 Å². The van der Waals surface area contributed by atoms with Crippen molar-refractivity contribution in [2.75, 3.05) is 6.54 Å². The van der Waals surface area contributed by atoms with Gasteiger partial charge in [0.15, 0.2) is 0 Å². The van der Waals surface area contributed by atoms with Crippen molar-refractivity contribution in [3.8, 4) is 11.3 Å². The highest BCUT2D eigenvalue weighted by molar-refractivity contribution is 5.97. The number of aromatic nitrogens is 3. The molecule has 5 heteroatoms. The first-order chi connectivity index (χ1) is 13.7. The lowest BCUT2D eigenvalue weighted by molar-refractivity contribution is 0.0747. The number of pyridine rings is 1. The number of benzene rings is 2. The normalized spacial score (nSPS) is 10.9. The summed E-state index contributed by atoms with van der Waals surface area (Å²) in [4.78, 5) is 23.6. The van der Waals surface area contributed by atoms with Crippen LogP contribution in [0.15, 0.2) is 73.2 Å². The Labute approximate surface area is 164 Å². The van der Waals surface area contributed by atoms with Crippen LogP contribution in [-0.2, 0) is 13.6 Å². The molecule has 0 atom stereocenters. The number of nitrogens with zero attached hydrogens (tertiary/aromatic N) is 4. The highest BCUT2D eigenvalue weighted by Gasteiger charge is 2.17. The maximum absolute atomic E-state index is 12.9. The summed E-state index contributed by atoms with van der Waals surface area (Å²) in [6, 6.07) is 18.2. The fourth-order valence-electron chi connectivity index (χ4n) is 3.36. The molecular weight excluding hydrogens is 348 g/mol. The van der Waals surface area contributed by atoms with Crippen LogP contribution in [0.2, 0.25) is 0 Å². The molecular formula is C23H22N4O. The standard InChI is InChI=1S/C23H22N4O/c1-3-27(16-22-24-13-14-26(22)2)23(28)18-11-12-21(25-15-18)20-10-6-8-17-7-4-5-9-19(17)20/h4-15H,3,16H2,1-2H3. The largest absolute Gasteiger partial charge is 0.337 e. The van der Waals surface area contributed by atoms with E-state index in [1.54, 1.807) is 17.3 Å². The van der Waals surface area contributed by atoms with Gasteiger partial charge >= 0.3 is 0 Å². The number of amides is 1. The van der Waals surface area contributed by atoms with Crippen molar-refractivity contribution >= 4 is 16.7 Å². The summed E-state index contributed by atoms with van der Waals surface area (Å²) in [6.45, 7) is 3.05. The van der Waals surface area contributed by atoms with Crippen LogP contribution in [0.4, 0.5) is 0 Å². The van der Waals surface area contributed by atoms with Crippen LogP contribution in [0.1, 0.15) is 23.1 Å². The molecule has 2 aromatic carbocycles. The van der Waals surface area contributed by atoms with Gasteiger partial charge in [-0.15, -0.1) is 0 Å². The number of aryl methyl sites for hydroxylation is 1. The Morgan fingerprint density at radius 2 is 1.86 bits per heavy atom. The van der Waals surface area contributed by atoms with Crippen molar-refractivity contribution in [1.29, 1.82) is 0 Å². The number of hydrogen-bond donors (Lipinski definition) is 0. The molecule has 0 saturated heterocycles. The Morgan fingerprint density at radius 3 is 2.57 bits per heavy atom. The van der Waals surface area contributed by atoms with Gasteiger partial charge in [-0.25, -0.2) is 4.98 Å². The van der Waals surface area contributed by atoms with Gasteiger partial charge in [-0.05, 0) is 29.8 Å². The van der Waals surface area contributed by atoms with Crippen LogP contribution in [0.3, 0.4) is 0 Å². The third-order valence-corrected chi connectivity index (χ3v) is 5.00. The molecule has 4 rings (SSSR count). The molecule has 1 amide bonds. The van der Waals surface area contributed by atoms with Gasteiger partial charge in [0.05, 0.1) is 17.8 Å². The van der Waals surface area contributed by atoms with Gasteiger partial charge in [0.25, 0.3) is 5.91 Å². The summed E-state index contributed by atoms with van der Waals surface area (Å²) in [7, 11) is 1.93. The van der Waals surface area contributed by atoms with Crippen LogP contribution in [-0.4, -0.2) is 31.9 Å². The van der Waals surface area contributed by atoms with Gasteiger partial charge in [-0.1, -0.05) is 42.5 Å². The molecule has 28 heavy (non-hydrogen) atoms. The third kappa shape index (κ3) is 3.39. The number of fused-ring (bicyclic) bond motifs is 1. The van der Waals surface area contributed by atoms with Gasteiger partial charge < -0.3 is 9.47 Å². The minimum atomic E-state index is -0.0394. The Kier molecular flexibility index (Phi) is 4.89. The molecule has 2 heterocycles. The number of carbonyl (C=O) groups is 1. The second kappa shape index (κ2) is 7.64. The third-order valence-electron chi connectivity index (χ3n) is 5.00. The quantitative estimate of drug-likeness (QED) is 0.526. The first-order valence-corrected chi connectivity index (χ1v) is 9.37. The number of carbonyl (C=O) groups excluding carboxylic acids is 1. The summed E-state index contributed by atoms with van der Waals surface area (Å²) in [5, 5.41) is 2.33. The Bertz CT molecular complexity index is 1110. The average molecular weight is 370 g/mol. The zero-order chi connectivity index (χ0) is 19.5. The first kappa shape index (κ1) is 17.9. The van der Waals surface area contributed by atoms with E-state index in [1.807, 2.05) is 55.1 Å². The van der Waals surface area contributed by atoms with Gasteiger partial charge in [0, 0.05) is 37.7 Å². The second-order valence-corrected chi connectivity index (χ2v) is 6.73. The minimum Gasteiger partial charge on any atom is -0.337 e. The van der Waals surface area contributed by atoms with Gasteiger partial charge in [-0.3, -0.25) is 9.78 Å². The molecule has 0 unspecified atom stereocenters. The van der Waals surface area contributed by atoms with E-state index in [9.17, 15) is 4.79 Å². The van der Waals surface area contributed by atoms with E-state index in [-0.39, 0.29) is 5.91 Å².